The molecule has 3 heterocycles. The maximum Gasteiger partial charge on any atom is 0.306 e. The minimum absolute atomic E-state index is 0.184. The van der Waals surface area contributed by atoms with E-state index < -0.39 is 5.72 Å². The van der Waals surface area contributed by atoms with Crippen molar-refractivity contribution in [1.29, 1.82) is 0 Å². The summed E-state index contributed by atoms with van der Waals surface area (Å²) >= 11 is 13.3. The molecule has 3 aliphatic heterocycles. The van der Waals surface area contributed by atoms with Gasteiger partial charge in [-0.05, 0) is 54.1 Å². The molecule has 0 saturated carbocycles. The number of ether oxygens (including phenoxy) is 1. The Morgan fingerprint density at radius 1 is 1.06 bits per heavy atom. The number of benzene rings is 3. The fourth-order valence-corrected chi connectivity index (χ4v) is 5.31. The topological polar surface area (TPSA) is 53.9 Å². The second-order valence-electron chi connectivity index (χ2n) is 7.69. The Hall–Kier alpha value is -2.35. The Bertz CT molecular complexity index is 1290. The van der Waals surface area contributed by atoms with E-state index >= 15 is 0 Å². The van der Waals surface area contributed by atoms with Gasteiger partial charge in [-0.3, -0.25) is 4.79 Å². The highest BCUT2D eigenvalue weighted by atomic mass is 79.9. The van der Waals surface area contributed by atoms with Gasteiger partial charge in [0.05, 0.1) is 23.0 Å². The number of hydrazone groups is 1. The van der Waals surface area contributed by atoms with E-state index in [-0.39, 0.29) is 11.9 Å². The Balaban J connectivity index is 1.58. The van der Waals surface area contributed by atoms with Crippen LogP contribution in [0.15, 0.2) is 74.7 Å². The van der Waals surface area contributed by atoms with Gasteiger partial charge in [-0.1, -0.05) is 55.6 Å². The van der Waals surface area contributed by atoms with Crippen molar-refractivity contribution in [3.8, 4) is 5.75 Å². The number of carbonyl (C=O) groups excluding carboxylic acids is 1. The molecule has 1 amide bonds. The average Bonchev–Trinajstić information content (AvgIpc) is 3.31. The van der Waals surface area contributed by atoms with Crippen LogP contribution in [0.3, 0.4) is 0 Å². The van der Waals surface area contributed by atoms with Gasteiger partial charge in [-0.25, -0.2) is 5.01 Å². The molecule has 5 nitrogen and oxygen atoms in total. The summed E-state index contributed by atoms with van der Waals surface area (Å²) in [5.74, 6) is 0.382. The van der Waals surface area contributed by atoms with Crippen molar-refractivity contribution >= 4 is 60.8 Å². The van der Waals surface area contributed by atoms with Crippen LogP contribution < -0.4 is 10.1 Å². The van der Waals surface area contributed by atoms with E-state index in [0.29, 0.717) is 17.2 Å². The SMILES string of the molecule is O=C1Nc2ccc(Br)cc2[C@]12Oc1ccc(Cl)cc1[C@H]1CC(c3ccc(Br)cc3)=NN12. The van der Waals surface area contributed by atoms with Crippen molar-refractivity contribution in [3.05, 3.63) is 91.3 Å². The van der Waals surface area contributed by atoms with Crippen LogP contribution in [0.1, 0.15) is 29.2 Å². The quantitative estimate of drug-likeness (QED) is 0.386. The van der Waals surface area contributed by atoms with Crippen LogP contribution in [0.25, 0.3) is 0 Å². The number of halogens is 3. The first-order valence-corrected chi connectivity index (χ1v) is 11.6. The first-order chi connectivity index (χ1) is 15.0. The van der Waals surface area contributed by atoms with Gasteiger partial charge in [-0.2, -0.15) is 5.10 Å². The Morgan fingerprint density at radius 3 is 2.65 bits per heavy atom. The fraction of sp³-hybridized carbons (Fsp3) is 0.130. The maximum absolute atomic E-state index is 13.4. The number of nitrogens with one attached hydrogen (secondary N) is 1. The molecular weight excluding hydrogens is 546 g/mol. The van der Waals surface area contributed by atoms with E-state index in [0.717, 1.165) is 37.0 Å². The molecule has 3 aromatic rings. The van der Waals surface area contributed by atoms with Crippen LogP contribution in [0.4, 0.5) is 5.69 Å². The molecule has 0 saturated heterocycles. The lowest BCUT2D eigenvalue weighted by Crippen LogP contribution is -2.55. The van der Waals surface area contributed by atoms with E-state index in [1.54, 1.807) is 11.1 Å². The number of amides is 1. The number of anilines is 1. The summed E-state index contributed by atoms with van der Waals surface area (Å²) < 4.78 is 8.33. The normalized spacial score (nSPS) is 23.1. The van der Waals surface area contributed by atoms with Crippen LogP contribution in [0, 0.1) is 0 Å². The molecule has 3 aromatic carbocycles. The zero-order chi connectivity index (χ0) is 21.3. The molecule has 8 heteroatoms. The molecule has 6 rings (SSSR count). The third kappa shape index (κ3) is 2.80. The second-order valence-corrected chi connectivity index (χ2v) is 9.96. The van der Waals surface area contributed by atoms with E-state index in [4.69, 9.17) is 21.4 Å². The van der Waals surface area contributed by atoms with Crippen molar-refractivity contribution in [2.24, 2.45) is 5.10 Å². The predicted octanol–water partition coefficient (Wildman–Crippen LogP) is 6.21. The van der Waals surface area contributed by atoms with Crippen molar-refractivity contribution in [3.63, 3.8) is 0 Å². The lowest BCUT2D eigenvalue weighted by Gasteiger charge is -2.44. The highest BCUT2D eigenvalue weighted by Crippen LogP contribution is 2.54. The van der Waals surface area contributed by atoms with Gasteiger partial charge in [0.2, 0.25) is 0 Å². The highest BCUT2D eigenvalue weighted by Gasteiger charge is 2.61. The number of hydrogen-bond donors (Lipinski definition) is 1. The van der Waals surface area contributed by atoms with Gasteiger partial charge in [0, 0.05) is 26.0 Å². The van der Waals surface area contributed by atoms with Crippen LogP contribution in [-0.4, -0.2) is 16.6 Å². The molecule has 31 heavy (non-hydrogen) atoms. The second kappa shape index (κ2) is 6.82. The molecule has 1 spiro atoms. The van der Waals surface area contributed by atoms with Gasteiger partial charge < -0.3 is 10.1 Å². The van der Waals surface area contributed by atoms with Crippen molar-refractivity contribution in [1.82, 2.24) is 5.01 Å². The number of nitrogens with zero attached hydrogens (tertiary/aromatic N) is 2. The number of rotatable bonds is 1. The van der Waals surface area contributed by atoms with E-state index in [1.165, 1.54) is 0 Å². The molecule has 2 atom stereocenters. The average molecular weight is 560 g/mol. The minimum atomic E-state index is -1.39. The van der Waals surface area contributed by atoms with E-state index in [1.807, 2.05) is 54.6 Å². The fourth-order valence-electron chi connectivity index (χ4n) is 4.50. The van der Waals surface area contributed by atoms with Crippen LogP contribution in [0.5, 0.6) is 5.75 Å². The van der Waals surface area contributed by atoms with Crippen LogP contribution in [0.2, 0.25) is 5.02 Å². The smallest absolute Gasteiger partial charge is 0.306 e. The monoisotopic (exact) mass is 557 g/mol. The third-order valence-electron chi connectivity index (χ3n) is 5.90. The number of hydrogen-bond acceptors (Lipinski definition) is 4. The first kappa shape index (κ1) is 19.3. The third-order valence-corrected chi connectivity index (χ3v) is 7.16. The maximum atomic E-state index is 13.4. The minimum Gasteiger partial charge on any atom is -0.453 e. The van der Waals surface area contributed by atoms with Gasteiger partial charge >= 0.3 is 5.72 Å². The molecular formula is C23H14Br2ClN3O2. The van der Waals surface area contributed by atoms with Crippen LogP contribution in [-0.2, 0) is 10.5 Å². The van der Waals surface area contributed by atoms with Crippen LogP contribution >= 0.6 is 43.5 Å². The summed E-state index contributed by atoms with van der Waals surface area (Å²) in [6, 6.07) is 19.0. The number of carbonyl (C=O) groups is 1. The lowest BCUT2D eigenvalue weighted by atomic mass is 9.92. The zero-order valence-electron chi connectivity index (χ0n) is 15.9. The molecule has 0 aliphatic carbocycles. The summed E-state index contributed by atoms with van der Waals surface area (Å²) in [7, 11) is 0. The molecule has 0 bridgehead atoms. The lowest BCUT2D eigenvalue weighted by molar-refractivity contribution is -0.161. The van der Waals surface area contributed by atoms with Gasteiger partial charge in [0.15, 0.2) is 0 Å². The largest absolute Gasteiger partial charge is 0.453 e. The molecule has 0 fully saturated rings. The zero-order valence-corrected chi connectivity index (χ0v) is 19.8. The molecule has 0 unspecified atom stereocenters. The Kier molecular flexibility index (Phi) is 4.26. The summed E-state index contributed by atoms with van der Waals surface area (Å²) in [6.45, 7) is 0. The van der Waals surface area contributed by atoms with Gasteiger partial charge in [0.1, 0.15) is 5.75 Å². The molecule has 0 aromatic heterocycles. The Labute approximate surface area is 200 Å². The summed E-state index contributed by atoms with van der Waals surface area (Å²) in [5.41, 5.74) is 2.88. The molecule has 3 aliphatic rings. The van der Waals surface area contributed by atoms with Crippen molar-refractivity contribution < 1.29 is 9.53 Å². The number of fused-ring (bicyclic) bond motifs is 6. The summed E-state index contributed by atoms with van der Waals surface area (Å²) in [5, 5.41) is 10.3. The summed E-state index contributed by atoms with van der Waals surface area (Å²) in [6.07, 6.45) is 0.636. The molecule has 154 valence electrons. The van der Waals surface area contributed by atoms with Gasteiger partial charge in [-0.15, -0.1) is 0 Å². The van der Waals surface area contributed by atoms with Gasteiger partial charge in [0.25, 0.3) is 5.91 Å². The van der Waals surface area contributed by atoms with E-state index in [2.05, 4.69) is 37.2 Å². The van der Waals surface area contributed by atoms with Crippen molar-refractivity contribution in [2.75, 3.05) is 5.32 Å². The predicted molar refractivity (Wildman–Crippen MR) is 126 cm³/mol. The molecule has 1 N–H and O–H groups in total. The van der Waals surface area contributed by atoms with E-state index in [9.17, 15) is 4.79 Å². The highest BCUT2D eigenvalue weighted by molar-refractivity contribution is 9.10. The molecule has 0 radical (unpaired) electrons. The van der Waals surface area contributed by atoms with Crippen molar-refractivity contribution in [2.45, 2.75) is 18.2 Å². The standard InChI is InChI=1S/C23H14Br2ClN3O2/c24-13-3-1-12(2-4-13)19-11-20-16-10-15(26)6-8-21(16)31-23(29(20)28-19)17-9-14(25)5-7-18(17)27-22(23)30/h1-10,20H,11H2,(H,27,30)/t20-,23+/m1/s1. The summed E-state index contributed by atoms with van der Waals surface area (Å²) in [4.78, 5) is 13.4. The first-order valence-electron chi connectivity index (χ1n) is 9.68. The Morgan fingerprint density at radius 2 is 1.84 bits per heavy atom.